The lowest BCUT2D eigenvalue weighted by molar-refractivity contribution is -0.136. The highest BCUT2D eigenvalue weighted by Crippen LogP contribution is 2.23. The molecule has 0 amide bonds. The SMILES string of the molecule is C=C(C)/C=C(/CN)C(N)CC(F)(F)F. The summed E-state index contributed by atoms with van der Waals surface area (Å²) in [7, 11) is 0. The van der Waals surface area contributed by atoms with Crippen molar-refractivity contribution in [2.45, 2.75) is 25.6 Å². The summed E-state index contributed by atoms with van der Waals surface area (Å²) in [5, 5.41) is 0. The second-order valence-corrected chi connectivity index (χ2v) is 3.20. The number of hydrogen-bond donors (Lipinski definition) is 2. The molecule has 4 N–H and O–H groups in total. The molecule has 5 heteroatoms. The maximum absolute atomic E-state index is 12.0. The van der Waals surface area contributed by atoms with E-state index in [0.717, 1.165) is 0 Å². The van der Waals surface area contributed by atoms with E-state index in [-0.39, 0.29) is 6.54 Å². The zero-order valence-corrected chi connectivity index (χ0v) is 8.06. The van der Waals surface area contributed by atoms with Gasteiger partial charge in [-0.2, -0.15) is 13.2 Å². The van der Waals surface area contributed by atoms with E-state index >= 15 is 0 Å². The summed E-state index contributed by atoms with van der Waals surface area (Å²) in [6.45, 7) is 5.25. The van der Waals surface area contributed by atoms with Gasteiger partial charge < -0.3 is 11.5 Å². The average molecular weight is 208 g/mol. The molecule has 0 aromatic carbocycles. The summed E-state index contributed by atoms with van der Waals surface area (Å²) in [4.78, 5) is 0. The van der Waals surface area contributed by atoms with Crippen LogP contribution in [0.25, 0.3) is 0 Å². The standard InChI is InChI=1S/C9H15F3N2/c1-6(2)3-7(5-13)8(14)4-9(10,11)12/h3,8H,1,4-5,13-14H2,2H3/b7-3-. The van der Waals surface area contributed by atoms with Gasteiger partial charge in [0.15, 0.2) is 0 Å². The van der Waals surface area contributed by atoms with E-state index in [0.29, 0.717) is 11.1 Å². The fourth-order valence-electron chi connectivity index (χ4n) is 1.01. The van der Waals surface area contributed by atoms with Crippen molar-refractivity contribution in [3.63, 3.8) is 0 Å². The average Bonchev–Trinajstić information content (AvgIpc) is 1.96. The second-order valence-electron chi connectivity index (χ2n) is 3.20. The van der Waals surface area contributed by atoms with Gasteiger partial charge in [0.1, 0.15) is 0 Å². The minimum atomic E-state index is -4.26. The van der Waals surface area contributed by atoms with Gasteiger partial charge in [-0.3, -0.25) is 0 Å². The van der Waals surface area contributed by atoms with E-state index in [1.807, 2.05) is 0 Å². The van der Waals surface area contributed by atoms with Crippen LogP contribution in [0, 0.1) is 0 Å². The third-order valence-corrected chi connectivity index (χ3v) is 1.60. The van der Waals surface area contributed by atoms with E-state index in [9.17, 15) is 13.2 Å². The van der Waals surface area contributed by atoms with Gasteiger partial charge in [0, 0.05) is 12.6 Å². The number of halogens is 3. The zero-order valence-electron chi connectivity index (χ0n) is 8.06. The molecule has 1 unspecified atom stereocenters. The molecule has 0 spiro atoms. The summed E-state index contributed by atoms with van der Waals surface area (Å²) in [5.74, 6) is 0. The van der Waals surface area contributed by atoms with Crippen molar-refractivity contribution >= 4 is 0 Å². The molecule has 0 saturated carbocycles. The first-order valence-corrected chi connectivity index (χ1v) is 4.14. The molecule has 14 heavy (non-hydrogen) atoms. The highest BCUT2D eigenvalue weighted by molar-refractivity contribution is 5.23. The van der Waals surface area contributed by atoms with Crippen LogP contribution in [0.15, 0.2) is 23.8 Å². The predicted molar refractivity (Wildman–Crippen MR) is 50.6 cm³/mol. The maximum atomic E-state index is 12.0. The summed E-state index contributed by atoms with van der Waals surface area (Å²) < 4.78 is 35.9. The van der Waals surface area contributed by atoms with Crippen molar-refractivity contribution in [1.82, 2.24) is 0 Å². The molecule has 0 aliphatic carbocycles. The summed E-state index contributed by atoms with van der Waals surface area (Å²) in [5.41, 5.74) is 11.6. The highest BCUT2D eigenvalue weighted by atomic mass is 19.4. The van der Waals surface area contributed by atoms with Crippen LogP contribution in [0.4, 0.5) is 13.2 Å². The predicted octanol–water partition coefficient (Wildman–Crippen LogP) is 1.73. The fourth-order valence-corrected chi connectivity index (χ4v) is 1.01. The highest BCUT2D eigenvalue weighted by Gasteiger charge is 2.31. The molecular formula is C9H15F3N2. The molecule has 82 valence electrons. The van der Waals surface area contributed by atoms with Crippen LogP contribution in [0.3, 0.4) is 0 Å². The summed E-state index contributed by atoms with van der Waals surface area (Å²) in [6.07, 6.45) is -3.82. The quantitative estimate of drug-likeness (QED) is 0.691. The Morgan fingerprint density at radius 2 is 2.00 bits per heavy atom. The van der Waals surface area contributed by atoms with Gasteiger partial charge in [0.05, 0.1) is 6.42 Å². The van der Waals surface area contributed by atoms with Gasteiger partial charge in [-0.25, -0.2) is 0 Å². The van der Waals surface area contributed by atoms with E-state index < -0.39 is 18.6 Å². The van der Waals surface area contributed by atoms with Crippen LogP contribution < -0.4 is 11.5 Å². The Bertz CT molecular complexity index is 231. The molecule has 1 atom stereocenters. The Labute approximate surface area is 81.5 Å². The first kappa shape index (κ1) is 13.2. The van der Waals surface area contributed by atoms with E-state index in [4.69, 9.17) is 11.5 Å². The zero-order chi connectivity index (χ0) is 11.4. The first-order valence-electron chi connectivity index (χ1n) is 4.14. The second kappa shape index (κ2) is 5.17. The molecule has 2 nitrogen and oxygen atoms in total. The molecule has 0 fully saturated rings. The Morgan fingerprint density at radius 3 is 2.29 bits per heavy atom. The molecule has 0 saturated heterocycles. The van der Waals surface area contributed by atoms with Crippen LogP contribution in [0.1, 0.15) is 13.3 Å². The lowest BCUT2D eigenvalue weighted by Gasteiger charge is -2.16. The molecule has 0 aromatic rings. The summed E-state index contributed by atoms with van der Waals surface area (Å²) >= 11 is 0. The van der Waals surface area contributed by atoms with E-state index in [2.05, 4.69) is 6.58 Å². The smallest absolute Gasteiger partial charge is 0.327 e. The van der Waals surface area contributed by atoms with Crippen molar-refractivity contribution in [2.75, 3.05) is 6.54 Å². The number of rotatable bonds is 4. The Hall–Kier alpha value is -0.810. The fraction of sp³-hybridized carbons (Fsp3) is 0.556. The van der Waals surface area contributed by atoms with Gasteiger partial charge in [0.2, 0.25) is 0 Å². The monoisotopic (exact) mass is 208 g/mol. The van der Waals surface area contributed by atoms with Gasteiger partial charge in [-0.05, 0) is 12.5 Å². The van der Waals surface area contributed by atoms with Crippen LogP contribution in [-0.4, -0.2) is 18.8 Å². The van der Waals surface area contributed by atoms with Crippen LogP contribution >= 0.6 is 0 Å². The first-order chi connectivity index (χ1) is 6.26. The molecule has 0 aliphatic rings. The number of nitrogens with two attached hydrogens (primary N) is 2. The van der Waals surface area contributed by atoms with E-state index in [1.54, 1.807) is 6.92 Å². The van der Waals surface area contributed by atoms with Gasteiger partial charge in [0.25, 0.3) is 0 Å². The van der Waals surface area contributed by atoms with Gasteiger partial charge in [-0.15, -0.1) is 0 Å². The number of hydrogen-bond acceptors (Lipinski definition) is 2. The maximum Gasteiger partial charge on any atom is 0.390 e. The van der Waals surface area contributed by atoms with Crippen molar-refractivity contribution in [3.05, 3.63) is 23.8 Å². The molecule has 0 bridgehead atoms. The Balaban J connectivity index is 4.48. The van der Waals surface area contributed by atoms with Gasteiger partial charge in [-0.1, -0.05) is 18.2 Å². The molecule has 0 aliphatic heterocycles. The van der Waals surface area contributed by atoms with Crippen molar-refractivity contribution in [3.8, 4) is 0 Å². The summed E-state index contributed by atoms with van der Waals surface area (Å²) in [6, 6.07) is -1.07. The van der Waals surface area contributed by atoms with Crippen LogP contribution in [0.5, 0.6) is 0 Å². The van der Waals surface area contributed by atoms with Gasteiger partial charge >= 0.3 is 6.18 Å². The van der Waals surface area contributed by atoms with Crippen LogP contribution in [0.2, 0.25) is 0 Å². The third kappa shape index (κ3) is 5.77. The van der Waals surface area contributed by atoms with Crippen molar-refractivity contribution in [1.29, 1.82) is 0 Å². The third-order valence-electron chi connectivity index (χ3n) is 1.60. The minimum Gasteiger partial charge on any atom is -0.327 e. The molecule has 0 rings (SSSR count). The molecule has 0 heterocycles. The lowest BCUT2D eigenvalue weighted by Crippen LogP contribution is -2.32. The Kier molecular flexibility index (Phi) is 4.87. The Morgan fingerprint density at radius 1 is 1.50 bits per heavy atom. The normalized spacial score (nSPS) is 15.4. The lowest BCUT2D eigenvalue weighted by atomic mass is 10.0. The number of allylic oxidation sites excluding steroid dienone is 2. The molecule has 0 aromatic heterocycles. The molecule has 0 radical (unpaired) electrons. The molecular weight excluding hydrogens is 193 g/mol. The largest absolute Gasteiger partial charge is 0.390 e. The minimum absolute atomic E-state index is 0.0180. The number of alkyl halides is 3. The van der Waals surface area contributed by atoms with Crippen molar-refractivity contribution < 1.29 is 13.2 Å². The van der Waals surface area contributed by atoms with Crippen molar-refractivity contribution in [2.24, 2.45) is 11.5 Å². The van der Waals surface area contributed by atoms with Crippen LogP contribution in [-0.2, 0) is 0 Å². The topological polar surface area (TPSA) is 52.0 Å². The van der Waals surface area contributed by atoms with E-state index in [1.165, 1.54) is 6.08 Å².